The Hall–Kier alpha value is -2.00. The van der Waals surface area contributed by atoms with Crippen molar-refractivity contribution in [1.82, 2.24) is 5.32 Å². The van der Waals surface area contributed by atoms with Gasteiger partial charge in [-0.2, -0.15) is 4.39 Å². The van der Waals surface area contributed by atoms with Gasteiger partial charge in [0.2, 0.25) is 5.82 Å². The highest BCUT2D eigenvalue weighted by atomic mass is 19.1. The largest absolute Gasteiger partial charge is 0.305 e. The van der Waals surface area contributed by atoms with Gasteiger partial charge in [-0.25, -0.2) is 4.39 Å². The summed E-state index contributed by atoms with van der Waals surface area (Å²) >= 11 is 0. The fourth-order valence-electron chi connectivity index (χ4n) is 1.22. The van der Waals surface area contributed by atoms with Crippen molar-refractivity contribution in [3.8, 4) is 12.3 Å². The van der Waals surface area contributed by atoms with Crippen LogP contribution < -0.4 is 5.32 Å². The van der Waals surface area contributed by atoms with Crippen molar-refractivity contribution in [3.05, 3.63) is 39.4 Å². The van der Waals surface area contributed by atoms with E-state index in [4.69, 9.17) is 6.42 Å². The number of nitrogens with one attached hydrogen (secondary N) is 1. The molecule has 0 fully saturated rings. The van der Waals surface area contributed by atoms with Crippen LogP contribution in [0.25, 0.3) is 0 Å². The number of nitro benzene ring substituents is 1. The standard InChI is InChI=1S/C12H12F2N2O2/c1-4-12(2,3)15-7-8-5-11(16(17)18)10(14)6-9(8)13/h1,5-6,15H,7H2,2-3H3. The average Bonchev–Trinajstić information content (AvgIpc) is 2.27. The van der Waals surface area contributed by atoms with Crippen LogP contribution in [-0.2, 0) is 6.54 Å². The molecule has 0 heterocycles. The summed E-state index contributed by atoms with van der Waals surface area (Å²) < 4.78 is 26.5. The summed E-state index contributed by atoms with van der Waals surface area (Å²) in [6.07, 6.45) is 5.24. The number of nitro groups is 1. The van der Waals surface area contributed by atoms with Gasteiger partial charge in [0.15, 0.2) is 0 Å². The van der Waals surface area contributed by atoms with Crippen LogP contribution >= 0.6 is 0 Å². The number of benzene rings is 1. The van der Waals surface area contributed by atoms with E-state index in [0.29, 0.717) is 6.07 Å². The third-order valence-corrected chi connectivity index (χ3v) is 2.39. The molecule has 0 saturated heterocycles. The summed E-state index contributed by atoms with van der Waals surface area (Å²) in [7, 11) is 0. The molecule has 0 amide bonds. The summed E-state index contributed by atoms with van der Waals surface area (Å²) in [5, 5.41) is 13.4. The Morgan fingerprint density at radius 1 is 1.44 bits per heavy atom. The van der Waals surface area contributed by atoms with Gasteiger partial charge < -0.3 is 0 Å². The number of halogens is 2. The van der Waals surface area contributed by atoms with E-state index >= 15 is 0 Å². The van der Waals surface area contributed by atoms with Crippen LogP contribution in [0.3, 0.4) is 0 Å². The lowest BCUT2D eigenvalue weighted by Gasteiger charge is -2.19. The van der Waals surface area contributed by atoms with Crippen molar-refractivity contribution < 1.29 is 13.7 Å². The topological polar surface area (TPSA) is 55.2 Å². The molecular weight excluding hydrogens is 242 g/mol. The summed E-state index contributed by atoms with van der Waals surface area (Å²) in [4.78, 5) is 9.63. The van der Waals surface area contributed by atoms with E-state index in [2.05, 4.69) is 11.2 Å². The summed E-state index contributed by atoms with van der Waals surface area (Å²) in [5.74, 6) is 0.393. The molecule has 0 unspecified atom stereocenters. The first-order chi connectivity index (χ1) is 8.26. The molecule has 1 rings (SSSR count). The number of hydrogen-bond acceptors (Lipinski definition) is 3. The molecule has 6 heteroatoms. The zero-order valence-corrected chi connectivity index (χ0v) is 9.96. The van der Waals surface area contributed by atoms with Gasteiger partial charge in [0.05, 0.1) is 10.5 Å². The van der Waals surface area contributed by atoms with Gasteiger partial charge >= 0.3 is 5.69 Å². The number of rotatable bonds is 4. The van der Waals surface area contributed by atoms with Crippen molar-refractivity contribution in [3.63, 3.8) is 0 Å². The smallest absolute Gasteiger partial charge is 0.297 e. The molecule has 1 aromatic carbocycles. The number of nitrogens with zero attached hydrogens (tertiary/aromatic N) is 1. The van der Waals surface area contributed by atoms with E-state index in [9.17, 15) is 18.9 Å². The third kappa shape index (κ3) is 3.25. The number of terminal acetylenes is 1. The minimum atomic E-state index is -1.20. The Morgan fingerprint density at radius 2 is 2.06 bits per heavy atom. The molecule has 0 aliphatic rings. The molecule has 0 bridgehead atoms. The molecule has 0 aliphatic heterocycles. The Kier molecular flexibility index (Phi) is 3.99. The van der Waals surface area contributed by atoms with E-state index in [0.717, 1.165) is 6.07 Å². The van der Waals surface area contributed by atoms with Crippen molar-refractivity contribution in [2.24, 2.45) is 0 Å². The van der Waals surface area contributed by atoms with Crippen LogP contribution in [0.4, 0.5) is 14.5 Å². The average molecular weight is 254 g/mol. The molecule has 0 saturated carbocycles. The van der Waals surface area contributed by atoms with Gasteiger partial charge in [-0.15, -0.1) is 6.42 Å². The molecule has 0 spiro atoms. The highest BCUT2D eigenvalue weighted by Crippen LogP contribution is 2.21. The van der Waals surface area contributed by atoms with E-state index in [1.54, 1.807) is 13.8 Å². The zero-order chi connectivity index (χ0) is 13.9. The predicted molar refractivity (Wildman–Crippen MR) is 62.8 cm³/mol. The Labute approximate surface area is 103 Å². The van der Waals surface area contributed by atoms with Crippen LogP contribution in [-0.4, -0.2) is 10.5 Å². The summed E-state index contributed by atoms with van der Waals surface area (Å²) in [6, 6.07) is 1.36. The molecule has 0 radical (unpaired) electrons. The molecule has 4 nitrogen and oxygen atoms in total. The minimum absolute atomic E-state index is 0.00794. The number of hydrogen-bond donors (Lipinski definition) is 1. The molecule has 0 atom stereocenters. The van der Waals surface area contributed by atoms with Gasteiger partial charge in [0.25, 0.3) is 0 Å². The highest BCUT2D eigenvalue weighted by Gasteiger charge is 2.20. The molecule has 1 N–H and O–H groups in total. The minimum Gasteiger partial charge on any atom is -0.297 e. The molecule has 1 aromatic rings. The first-order valence-electron chi connectivity index (χ1n) is 5.12. The monoisotopic (exact) mass is 254 g/mol. The van der Waals surface area contributed by atoms with Crippen LogP contribution in [0.2, 0.25) is 0 Å². The van der Waals surface area contributed by atoms with Gasteiger partial charge in [0, 0.05) is 24.2 Å². The van der Waals surface area contributed by atoms with Crippen LogP contribution in [0, 0.1) is 34.1 Å². The predicted octanol–water partition coefficient (Wildman–Crippen LogP) is 2.37. The fraction of sp³-hybridized carbons (Fsp3) is 0.333. The summed E-state index contributed by atoms with van der Waals surface area (Å²) in [6.45, 7) is 3.37. The van der Waals surface area contributed by atoms with Gasteiger partial charge in [0.1, 0.15) is 5.82 Å². The van der Waals surface area contributed by atoms with E-state index < -0.39 is 27.8 Å². The van der Waals surface area contributed by atoms with Crippen molar-refractivity contribution >= 4 is 5.69 Å². The lowest BCUT2D eigenvalue weighted by Crippen LogP contribution is -2.37. The second-order valence-corrected chi connectivity index (χ2v) is 4.28. The maximum atomic E-state index is 13.4. The normalized spacial score (nSPS) is 11.1. The van der Waals surface area contributed by atoms with Gasteiger partial charge in [-0.3, -0.25) is 15.4 Å². The first-order valence-corrected chi connectivity index (χ1v) is 5.12. The van der Waals surface area contributed by atoms with Crippen molar-refractivity contribution in [1.29, 1.82) is 0 Å². The van der Waals surface area contributed by atoms with Crippen molar-refractivity contribution in [2.75, 3.05) is 0 Å². The van der Waals surface area contributed by atoms with E-state index in [-0.39, 0.29) is 12.1 Å². The Bertz CT molecular complexity index is 522. The molecule has 18 heavy (non-hydrogen) atoms. The van der Waals surface area contributed by atoms with Crippen LogP contribution in [0.1, 0.15) is 19.4 Å². The highest BCUT2D eigenvalue weighted by molar-refractivity contribution is 5.37. The zero-order valence-electron chi connectivity index (χ0n) is 9.96. The fourth-order valence-corrected chi connectivity index (χ4v) is 1.22. The first kappa shape index (κ1) is 14.1. The molecule has 96 valence electrons. The molecular formula is C12H12F2N2O2. The summed E-state index contributed by atoms with van der Waals surface area (Å²) in [5.41, 5.74) is -1.45. The van der Waals surface area contributed by atoms with E-state index in [1.165, 1.54) is 0 Å². The lowest BCUT2D eigenvalue weighted by molar-refractivity contribution is -0.387. The Balaban J connectivity index is 3.00. The maximum Gasteiger partial charge on any atom is 0.305 e. The van der Waals surface area contributed by atoms with E-state index in [1.807, 2.05) is 0 Å². The van der Waals surface area contributed by atoms with Gasteiger partial charge in [-0.1, -0.05) is 5.92 Å². The SMILES string of the molecule is C#CC(C)(C)NCc1cc([N+](=O)[O-])c(F)cc1F. The van der Waals surface area contributed by atoms with Crippen LogP contribution in [0.5, 0.6) is 0 Å². The third-order valence-electron chi connectivity index (χ3n) is 2.39. The van der Waals surface area contributed by atoms with Gasteiger partial charge in [-0.05, 0) is 13.8 Å². The second-order valence-electron chi connectivity index (χ2n) is 4.28. The second kappa shape index (κ2) is 5.10. The lowest BCUT2D eigenvalue weighted by atomic mass is 10.1. The van der Waals surface area contributed by atoms with Crippen molar-refractivity contribution in [2.45, 2.75) is 25.9 Å². The maximum absolute atomic E-state index is 13.4. The quantitative estimate of drug-likeness (QED) is 0.510. The van der Waals surface area contributed by atoms with Crippen LogP contribution in [0.15, 0.2) is 12.1 Å². The molecule has 0 aliphatic carbocycles. The Morgan fingerprint density at radius 3 is 2.56 bits per heavy atom. The molecule has 0 aromatic heterocycles.